The predicted molar refractivity (Wildman–Crippen MR) is 94.8 cm³/mol. The van der Waals surface area contributed by atoms with E-state index in [4.69, 9.17) is 30.0 Å². The van der Waals surface area contributed by atoms with Crippen LogP contribution in [-0.4, -0.2) is 134 Å². The van der Waals surface area contributed by atoms with Gasteiger partial charge in [-0.05, 0) is 12.8 Å². The summed E-state index contributed by atoms with van der Waals surface area (Å²) in [4.78, 5) is 20.5. The molecule has 0 atom stereocenters. The number of carboxylic acid groups (broad SMARTS) is 1. The van der Waals surface area contributed by atoms with Crippen LogP contribution >= 0.6 is 11.6 Å². The maximum absolute atomic E-state index is 10.5. The molecule has 0 spiro atoms. The maximum atomic E-state index is 10.5. The topological polar surface area (TPSA) is 332 Å². The molecule has 17 heteroatoms. The van der Waals surface area contributed by atoms with Crippen molar-refractivity contribution in [2.45, 2.75) is 25.7 Å². The van der Waals surface area contributed by atoms with E-state index in [1.165, 1.54) is 0 Å². The minimum atomic E-state index is -2.61. The molecule has 0 saturated carbocycles. The van der Waals surface area contributed by atoms with Crippen molar-refractivity contribution in [2.24, 2.45) is 0 Å². The van der Waals surface area contributed by atoms with Crippen LogP contribution in [0.25, 0.3) is 0 Å². The van der Waals surface area contributed by atoms with E-state index >= 15 is 0 Å². The monoisotopic (exact) mass is 434 g/mol. The number of aliphatic carboxylic acids is 1. The summed E-state index contributed by atoms with van der Waals surface area (Å²) < 4.78 is 22.8. The van der Waals surface area contributed by atoms with Crippen LogP contribution in [0.4, 0.5) is 0 Å². The van der Waals surface area contributed by atoms with E-state index in [1.807, 2.05) is 0 Å². The van der Waals surface area contributed by atoms with Gasteiger partial charge in [-0.1, -0.05) is 6.42 Å². The van der Waals surface area contributed by atoms with Crippen molar-refractivity contribution in [1.82, 2.24) is 0 Å². The molecule has 0 heterocycles. The van der Waals surface area contributed by atoms with Crippen molar-refractivity contribution in [3.63, 3.8) is 0 Å². The molecule has 0 radical (unpaired) electrons. The Morgan fingerprint density at radius 2 is 1.08 bits per heavy atom. The molecule has 150 valence electrons. The van der Waals surface area contributed by atoms with Gasteiger partial charge in [0.15, 0.2) is 0 Å². The zero-order valence-corrected chi connectivity index (χ0v) is 13.0. The molecule has 0 fully saturated rings. The van der Waals surface area contributed by atoms with Crippen molar-refractivity contribution in [2.75, 3.05) is 5.88 Å². The molecule has 0 aromatic rings. The van der Waals surface area contributed by atoms with Gasteiger partial charge in [-0.25, -0.2) is 4.79 Å². The number of ketones is 1. The Morgan fingerprint density at radius 3 is 1.29 bits per heavy atom. The number of carboxylic acids is 1. The Kier molecular flexibility index (Phi) is 172. The first-order valence-electron chi connectivity index (χ1n) is 4.03. The van der Waals surface area contributed by atoms with Gasteiger partial charge in [-0.15, -0.1) is 11.6 Å². The number of unbranched alkanes of at least 4 members (excludes halogenated alkanes) is 2. The molecule has 0 amide bonds. The van der Waals surface area contributed by atoms with Crippen LogP contribution in [0.1, 0.15) is 25.7 Å². The Labute approximate surface area is 190 Å². The van der Waals surface area contributed by atoms with Gasteiger partial charge < -0.3 is 43.4 Å². The van der Waals surface area contributed by atoms with E-state index in [0.29, 0.717) is 12.3 Å². The average molecular weight is 435 g/mol. The molecule has 0 aliphatic heterocycles. The fraction of sp³-hybridized carbons (Fsp3) is 0.714. The van der Waals surface area contributed by atoms with Crippen LogP contribution in [0.3, 0.4) is 0 Å². The van der Waals surface area contributed by atoms with E-state index in [0.717, 1.165) is 12.8 Å². The third kappa shape index (κ3) is 91.1. The Morgan fingerprint density at radius 1 is 0.792 bits per heavy atom. The molecule has 0 bridgehead atoms. The number of carbonyl (C=O) groups excluding carboxylic acids is 1. The Bertz CT molecular complexity index is 232. The minimum absolute atomic E-state index is 0. The van der Waals surface area contributed by atoms with Gasteiger partial charge in [0.2, 0.25) is 5.78 Å². The van der Waals surface area contributed by atoms with Gasteiger partial charge in [0.25, 0.3) is 11.4 Å². The van der Waals surface area contributed by atoms with Gasteiger partial charge in [0, 0.05) is 12.3 Å². The molecule has 0 aromatic heterocycles. The van der Waals surface area contributed by atoms with Crippen LogP contribution in [0.15, 0.2) is 0 Å². The summed E-state index contributed by atoms with van der Waals surface area (Å²) >= 11 is 2.77. The number of rotatable bonds is 6. The van der Waals surface area contributed by atoms with Crippen LogP contribution in [0, 0.1) is 0 Å². The fourth-order valence-corrected chi connectivity index (χ4v) is 0.853. The molecular weight excluding hydrogens is 406 g/mol. The second-order valence-electron chi connectivity index (χ2n) is 2.46. The number of Topliss-reactive ketones (excluding diaryl/α,β-unsaturated/α-hetero) is 1. The fourth-order valence-electron chi connectivity index (χ4n) is 0.664. The zero-order valence-electron chi connectivity index (χ0n) is 11.4. The summed E-state index contributed by atoms with van der Waals surface area (Å²) in [6.07, 6.45) is 2.42. The zero-order chi connectivity index (χ0) is 12.3. The molecular formula is C7H29ClNa2O13S. The molecule has 13 nitrogen and oxygen atoms in total. The third-order valence-electron chi connectivity index (χ3n) is 1.28. The van der Waals surface area contributed by atoms with Crippen LogP contribution in [0.2, 0.25) is 0 Å². The van der Waals surface area contributed by atoms with Crippen molar-refractivity contribution < 1.29 is 66.3 Å². The van der Waals surface area contributed by atoms with Gasteiger partial charge >= 0.3 is 65.1 Å². The van der Waals surface area contributed by atoms with Gasteiger partial charge in [0.1, 0.15) is 0 Å². The summed E-state index contributed by atoms with van der Waals surface area (Å²) in [6, 6.07) is 0. The summed E-state index contributed by atoms with van der Waals surface area (Å²) in [5.74, 6) is -1.48. The molecule has 24 heavy (non-hydrogen) atoms. The summed E-state index contributed by atoms with van der Waals surface area (Å²) in [5.41, 5.74) is 0. The van der Waals surface area contributed by atoms with Crippen LogP contribution in [-0.2, 0) is 21.0 Å². The Hall–Kier alpha value is 1.22. The molecule has 0 unspecified atom stereocenters. The van der Waals surface area contributed by atoms with E-state index in [1.54, 1.807) is 0 Å². The van der Waals surface area contributed by atoms with Gasteiger partial charge in [-0.2, -0.15) is 4.21 Å². The third-order valence-corrected chi connectivity index (χ3v) is 1.54. The van der Waals surface area contributed by atoms with Gasteiger partial charge in [-0.3, -0.25) is 13.9 Å². The first-order chi connectivity index (χ1) is 6.91. The number of halogens is 1. The summed E-state index contributed by atoms with van der Waals surface area (Å²) in [7, 11) is 0. The first kappa shape index (κ1) is 73.2. The predicted octanol–water partition coefficient (Wildman–Crippen LogP) is -5.95. The first-order valence-corrected chi connectivity index (χ1v) is 5.63. The summed E-state index contributed by atoms with van der Waals surface area (Å²) in [5, 5.41) is 8.16. The molecule has 0 aliphatic carbocycles. The quantitative estimate of drug-likeness (QED) is 0.120. The standard InChI is InChI=1S/C7H11ClO3.2Na.H2O3S.7H2O.2H/c8-5-3-1-2-4-6(9)7(10)11;;;1-4(2)3;;;;;;;;;/h1-5H2,(H,10,11);;;(H2,1,2,3);7*1H2;;. The average Bonchev–Trinajstić information content (AvgIpc) is 2.11. The van der Waals surface area contributed by atoms with E-state index in [9.17, 15) is 9.59 Å². The molecule has 0 saturated heterocycles. The second-order valence-corrected chi connectivity index (χ2v) is 3.30. The van der Waals surface area contributed by atoms with Crippen molar-refractivity contribution in [1.29, 1.82) is 0 Å². The van der Waals surface area contributed by atoms with Gasteiger partial charge in [0.05, 0.1) is 0 Å². The van der Waals surface area contributed by atoms with E-state index in [2.05, 4.69) is 0 Å². The normalized spacial score (nSPS) is 5.83. The van der Waals surface area contributed by atoms with Crippen LogP contribution < -0.4 is 0 Å². The SMILES string of the molecule is O.O.O.O.O.O.O.O=C(O)C(=O)CCCCCCl.O=S(O)O.[NaH].[NaH]. The van der Waals surface area contributed by atoms with Crippen LogP contribution in [0.5, 0.6) is 0 Å². The molecule has 0 aromatic carbocycles. The molecule has 0 aliphatic rings. The summed E-state index contributed by atoms with van der Waals surface area (Å²) in [6.45, 7) is 0. The number of hydrogen-bond donors (Lipinski definition) is 3. The van der Waals surface area contributed by atoms with Crippen molar-refractivity contribution >= 4 is 93.8 Å². The van der Waals surface area contributed by atoms with Crippen molar-refractivity contribution in [3.05, 3.63) is 0 Å². The van der Waals surface area contributed by atoms with E-state index < -0.39 is 23.1 Å². The number of carbonyl (C=O) groups is 2. The number of hydrogen-bond acceptors (Lipinski definition) is 3. The van der Waals surface area contributed by atoms with Crippen molar-refractivity contribution in [3.8, 4) is 0 Å². The van der Waals surface area contributed by atoms with E-state index in [-0.39, 0.29) is 104 Å². The molecule has 0 rings (SSSR count). The molecule has 17 N–H and O–H groups in total. The Balaban J connectivity index is -0.0000000133. The second kappa shape index (κ2) is 56.4. The number of alkyl halides is 1.